The summed E-state index contributed by atoms with van der Waals surface area (Å²) in [4.78, 5) is 4.17. The van der Waals surface area contributed by atoms with E-state index in [1.54, 1.807) is 6.20 Å². The second kappa shape index (κ2) is 4.31. The van der Waals surface area contributed by atoms with Crippen molar-refractivity contribution in [2.24, 2.45) is 0 Å². The average Bonchev–Trinajstić information content (AvgIpc) is 2.83. The van der Waals surface area contributed by atoms with Crippen LogP contribution in [0.2, 0.25) is 0 Å². The molecule has 2 heterocycles. The SMILES string of the molecule is CNCCc1ncc(-c2ccc(C)o2)o1. The van der Waals surface area contributed by atoms with Crippen molar-refractivity contribution in [1.29, 1.82) is 0 Å². The number of hydrogen-bond acceptors (Lipinski definition) is 4. The van der Waals surface area contributed by atoms with E-state index in [1.165, 1.54) is 0 Å². The molecule has 0 atom stereocenters. The molecule has 4 heteroatoms. The molecule has 0 spiro atoms. The van der Waals surface area contributed by atoms with Crippen LogP contribution in [0.1, 0.15) is 11.7 Å². The van der Waals surface area contributed by atoms with Crippen molar-refractivity contribution < 1.29 is 8.83 Å². The lowest BCUT2D eigenvalue weighted by molar-refractivity contribution is 0.472. The van der Waals surface area contributed by atoms with E-state index in [9.17, 15) is 0 Å². The first-order valence-electron chi connectivity index (χ1n) is 4.95. The first-order chi connectivity index (χ1) is 7.29. The van der Waals surface area contributed by atoms with Crippen molar-refractivity contribution in [3.8, 4) is 11.5 Å². The molecule has 0 aliphatic heterocycles. The van der Waals surface area contributed by atoms with Crippen LogP contribution in [0, 0.1) is 6.92 Å². The maximum Gasteiger partial charge on any atom is 0.196 e. The molecule has 15 heavy (non-hydrogen) atoms. The van der Waals surface area contributed by atoms with Crippen LogP contribution < -0.4 is 5.32 Å². The smallest absolute Gasteiger partial charge is 0.196 e. The van der Waals surface area contributed by atoms with Crippen molar-refractivity contribution in [2.45, 2.75) is 13.3 Å². The summed E-state index contributed by atoms with van der Waals surface area (Å²) >= 11 is 0. The molecule has 0 saturated heterocycles. The minimum absolute atomic E-state index is 0.689. The van der Waals surface area contributed by atoms with Crippen LogP contribution >= 0.6 is 0 Å². The summed E-state index contributed by atoms with van der Waals surface area (Å²) in [5.74, 6) is 3.02. The van der Waals surface area contributed by atoms with Gasteiger partial charge in [0.1, 0.15) is 5.76 Å². The van der Waals surface area contributed by atoms with E-state index >= 15 is 0 Å². The zero-order chi connectivity index (χ0) is 10.7. The molecular weight excluding hydrogens is 192 g/mol. The normalized spacial score (nSPS) is 10.8. The Bertz CT molecular complexity index is 431. The third kappa shape index (κ3) is 2.27. The van der Waals surface area contributed by atoms with Crippen LogP contribution in [-0.4, -0.2) is 18.6 Å². The van der Waals surface area contributed by atoms with Crippen molar-refractivity contribution in [3.05, 3.63) is 30.0 Å². The number of nitrogens with one attached hydrogen (secondary N) is 1. The fourth-order valence-electron chi connectivity index (χ4n) is 1.34. The Hall–Kier alpha value is -1.55. The molecule has 2 aromatic rings. The van der Waals surface area contributed by atoms with Gasteiger partial charge in [0, 0.05) is 13.0 Å². The van der Waals surface area contributed by atoms with Crippen molar-refractivity contribution in [3.63, 3.8) is 0 Å². The van der Waals surface area contributed by atoms with Crippen LogP contribution in [0.25, 0.3) is 11.5 Å². The van der Waals surface area contributed by atoms with E-state index < -0.39 is 0 Å². The molecule has 0 radical (unpaired) electrons. The Morgan fingerprint density at radius 2 is 2.13 bits per heavy atom. The molecular formula is C11H14N2O2. The molecule has 0 aliphatic rings. The zero-order valence-electron chi connectivity index (χ0n) is 8.91. The minimum atomic E-state index is 0.689. The predicted octanol–water partition coefficient (Wildman–Crippen LogP) is 2.00. The van der Waals surface area contributed by atoms with E-state index in [0.29, 0.717) is 5.76 Å². The molecule has 0 amide bonds. The first-order valence-corrected chi connectivity index (χ1v) is 4.95. The molecule has 0 aromatic carbocycles. The number of hydrogen-bond donors (Lipinski definition) is 1. The average molecular weight is 206 g/mol. The third-order valence-electron chi connectivity index (χ3n) is 2.13. The quantitative estimate of drug-likeness (QED) is 0.831. The number of oxazole rings is 1. The van der Waals surface area contributed by atoms with Gasteiger partial charge in [-0.05, 0) is 26.1 Å². The molecule has 2 aromatic heterocycles. The van der Waals surface area contributed by atoms with Crippen LogP contribution in [0.3, 0.4) is 0 Å². The van der Waals surface area contributed by atoms with Crippen LogP contribution in [-0.2, 0) is 6.42 Å². The summed E-state index contributed by atoms with van der Waals surface area (Å²) in [6.07, 6.45) is 2.49. The molecule has 4 nitrogen and oxygen atoms in total. The van der Waals surface area contributed by atoms with Gasteiger partial charge < -0.3 is 14.2 Å². The third-order valence-corrected chi connectivity index (χ3v) is 2.13. The predicted molar refractivity (Wildman–Crippen MR) is 56.6 cm³/mol. The lowest BCUT2D eigenvalue weighted by atomic mass is 10.4. The summed E-state index contributed by atoms with van der Waals surface area (Å²) in [5, 5.41) is 3.05. The Kier molecular flexibility index (Phi) is 2.87. The van der Waals surface area contributed by atoms with Gasteiger partial charge in [0.25, 0.3) is 0 Å². The molecule has 0 fully saturated rings. The van der Waals surface area contributed by atoms with Crippen LogP contribution in [0.15, 0.2) is 27.2 Å². The molecule has 80 valence electrons. The van der Waals surface area contributed by atoms with E-state index in [1.807, 2.05) is 26.1 Å². The van der Waals surface area contributed by atoms with Gasteiger partial charge in [0.15, 0.2) is 17.4 Å². The Labute approximate surface area is 88.3 Å². The van der Waals surface area contributed by atoms with Crippen molar-refractivity contribution in [1.82, 2.24) is 10.3 Å². The summed E-state index contributed by atoms with van der Waals surface area (Å²) in [7, 11) is 1.90. The Balaban J connectivity index is 2.13. The van der Waals surface area contributed by atoms with Crippen molar-refractivity contribution in [2.75, 3.05) is 13.6 Å². The maximum absolute atomic E-state index is 5.54. The topological polar surface area (TPSA) is 51.2 Å². The summed E-state index contributed by atoms with van der Waals surface area (Å²) in [5.41, 5.74) is 0. The number of nitrogens with zero attached hydrogens (tertiary/aromatic N) is 1. The van der Waals surface area contributed by atoms with Gasteiger partial charge in [-0.3, -0.25) is 0 Å². The van der Waals surface area contributed by atoms with E-state index in [0.717, 1.165) is 30.4 Å². The maximum atomic E-state index is 5.54. The minimum Gasteiger partial charge on any atom is -0.458 e. The lowest BCUT2D eigenvalue weighted by Crippen LogP contribution is -2.10. The van der Waals surface area contributed by atoms with E-state index in [4.69, 9.17) is 8.83 Å². The number of aryl methyl sites for hydroxylation is 1. The molecule has 2 rings (SSSR count). The van der Waals surface area contributed by atoms with Crippen LogP contribution in [0.4, 0.5) is 0 Å². The standard InChI is InChI=1S/C11H14N2O2/c1-8-3-4-9(14-8)10-7-13-11(15-10)5-6-12-2/h3-4,7,12H,5-6H2,1-2H3. The highest BCUT2D eigenvalue weighted by molar-refractivity contribution is 5.48. The summed E-state index contributed by atoms with van der Waals surface area (Å²) in [6, 6.07) is 3.79. The van der Waals surface area contributed by atoms with Gasteiger partial charge in [0.2, 0.25) is 0 Å². The highest BCUT2D eigenvalue weighted by Gasteiger charge is 2.08. The van der Waals surface area contributed by atoms with E-state index in [2.05, 4.69) is 10.3 Å². The monoisotopic (exact) mass is 206 g/mol. The van der Waals surface area contributed by atoms with Gasteiger partial charge in [0.05, 0.1) is 6.20 Å². The summed E-state index contributed by atoms with van der Waals surface area (Å²) < 4.78 is 11.0. The lowest BCUT2D eigenvalue weighted by Gasteiger charge is -1.93. The van der Waals surface area contributed by atoms with Gasteiger partial charge in [-0.25, -0.2) is 4.98 Å². The molecule has 1 N–H and O–H groups in total. The summed E-state index contributed by atoms with van der Waals surface area (Å²) in [6.45, 7) is 2.76. The number of rotatable bonds is 4. The first kappa shape index (κ1) is 9.98. The fraction of sp³-hybridized carbons (Fsp3) is 0.364. The second-order valence-corrected chi connectivity index (χ2v) is 3.38. The fourth-order valence-corrected chi connectivity index (χ4v) is 1.34. The molecule has 0 aliphatic carbocycles. The van der Waals surface area contributed by atoms with Gasteiger partial charge in [-0.15, -0.1) is 0 Å². The largest absolute Gasteiger partial charge is 0.458 e. The number of furan rings is 1. The molecule has 0 bridgehead atoms. The molecule has 0 saturated carbocycles. The van der Waals surface area contributed by atoms with Gasteiger partial charge in [-0.2, -0.15) is 0 Å². The number of likely N-dealkylation sites (N-methyl/N-ethyl adjacent to an activating group) is 1. The highest BCUT2D eigenvalue weighted by atomic mass is 16.4. The Morgan fingerprint density at radius 3 is 2.80 bits per heavy atom. The number of aromatic nitrogens is 1. The van der Waals surface area contributed by atoms with Crippen LogP contribution in [0.5, 0.6) is 0 Å². The zero-order valence-corrected chi connectivity index (χ0v) is 8.91. The van der Waals surface area contributed by atoms with E-state index in [-0.39, 0.29) is 0 Å². The van der Waals surface area contributed by atoms with Gasteiger partial charge in [-0.1, -0.05) is 0 Å². The molecule has 0 unspecified atom stereocenters. The van der Waals surface area contributed by atoms with Gasteiger partial charge >= 0.3 is 0 Å². The second-order valence-electron chi connectivity index (χ2n) is 3.38. The highest BCUT2D eigenvalue weighted by Crippen LogP contribution is 2.22. The Morgan fingerprint density at radius 1 is 1.27 bits per heavy atom. The van der Waals surface area contributed by atoms with Crippen molar-refractivity contribution >= 4 is 0 Å².